The van der Waals surface area contributed by atoms with E-state index in [1.807, 2.05) is 12.1 Å². The van der Waals surface area contributed by atoms with E-state index in [1.165, 1.54) is 0 Å². The molecule has 0 aliphatic heterocycles. The van der Waals surface area contributed by atoms with Crippen molar-refractivity contribution in [3.63, 3.8) is 0 Å². The van der Waals surface area contributed by atoms with E-state index in [9.17, 15) is 0 Å². The summed E-state index contributed by atoms with van der Waals surface area (Å²) in [6.07, 6.45) is 0. The fourth-order valence-electron chi connectivity index (χ4n) is 13.2. The monoisotopic (exact) mass is 1070 g/mol. The van der Waals surface area contributed by atoms with Crippen molar-refractivity contribution in [1.29, 1.82) is 0 Å². The summed E-state index contributed by atoms with van der Waals surface area (Å²) in [5.41, 5.74) is 18.3. The molecule has 4 aromatic heterocycles. The molecule has 17 rings (SSSR count). The Hall–Kier alpha value is -10.8. The van der Waals surface area contributed by atoms with Crippen LogP contribution in [0.1, 0.15) is 25.3 Å². The third kappa shape index (κ3) is 7.36. The second-order valence-electron chi connectivity index (χ2n) is 22.1. The van der Waals surface area contributed by atoms with Crippen molar-refractivity contribution >= 4 is 143 Å². The van der Waals surface area contributed by atoms with Gasteiger partial charge in [0.05, 0.1) is 11.4 Å². The van der Waals surface area contributed by atoms with Crippen molar-refractivity contribution in [3.05, 3.63) is 266 Å². The summed E-state index contributed by atoms with van der Waals surface area (Å²) in [6.45, 7) is 4.51. The van der Waals surface area contributed by atoms with Crippen LogP contribution >= 0.6 is 0 Å². The summed E-state index contributed by atoms with van der Waals surface area (Å²) in [5.74, 6) is 0.134. The molecular formula is C77H50N2O4. The highest BCUT2D eigenvalue weighted by molar-refractivity contribution is 6.21. The first-order valence-electron chi connectivity index (χ1n) is 28.4. The van der Waals surface area contributed by atoms with Crippen molar-refractivity contribution in [2.24, 2.45) is 0 Å². The average molecular weight is 1070 g/mol. The van der Waals surface area contributed by atoms with Crippen LogP contribution in [0.3, 0.4) is 0 Å². The summed E-state index contributed by atoms with van der Waals surface area (Å²) in [6, 6.07) is 92.4. The molecule has 17 aromatic rings. The van der Waals surface area contributed by atoms with Gasteiger partial charge in [0.15, 0.2) is 11.2 Å². The van der Waals surface area contributed by atoms with Crippen LogP contribution in [0.25, 0.3) is 132 Å². The first-order chi connectivity index (χ1) is 41.0. The molecule has 4 heterocycles. The summed E-state index contributed by atoms with van der Waals surface area (Å²) in [7, 11) is 0. The van der Waals surface area contributed by atoms with Crippen LogP contribution in [0.2, 0.25) is 0 Å². The van der Waals surface area contributed by atoms with Gasteiger partial charge in [0, 0.05) is 82.5 Å². The molecule has 0 amide bonds. The van der Waals surface area contributed by atoms with Gasteiger partial charge < -0.3 is 27.5 Å². The minimum absolute atomic E-state index is 0.134. The molecule has 0 bridgehead atoms. The molecule has 0 spiro atoms. The maximum Gasteiger partial charge on any atom is 0.159 e. The van der Waals surface area contributed by atoms with Crippen LogP contribution in [-0.4, -0.2) is 0 Å². The molecular weight excluding hydrogens is 1020 g/mol. The van der Waals surface area contributed by atoms with Gasteiger partial charge in [-0.3, -0.25) is 0 Å². The Balaban J connectivity index is 0.782. The summed E-state index contributed by atoms with van der Waals surface area (Å²) in [4.78, 5) is 4.61. The van der Waals surface area contributed by atoms with Gasteiger partial charge in [-0.1, -0.05) is 184 Å². The Labute approximate surface area is 476 Å². The minimum Gasteiger partial charge on any atom is -0.456 e. The van der Waals surface area contributed by atoms with E-state index in [-0.39, 0.29) is 5.92 Å². The molecule has 0 N–H and O–H groups in total. The Bertz CT molecular complexity index is 5200. The molecule has 6 heteroatoms. The lowest BCUT2D eigenvalue weighted by Crippen LogP contribution is -2.10. The van der Waals surface area contributed by atoms with E-state index >= 15 is 0 Å². The van der Waals surface area contributed by atoms with Gasteiger partial charge in [-0.25, -0.2) is 0 Å². The van der Waals surface area contributed by atoms with E-state index in [1.54, 1.807) is 0 Å². The third-order valence-corrected chi connectivity index (χ3v) is 16.9. The standard InChI is InChI=1S/C77H50N2O4/c1-46(2)71-72-65-42-50-36-38-56(79(54-25-13-6-14-26-54)67-34-18-32-62-60-30-16-28-58(74(60)83-76(62)67)48-21-9-4-10-22-48)40-52(50)44-69(65)80-70(72)45-64-63-41-49-35-37-55(39-51(49)43-68(63)81-77(64)71)78(53-23-11-5-12-24-53)66-33-17-31-61-59-29-15-27-57(73(59)82-75(61)66)47-19-7-3-8-20-47/h3-46H,1-2H3. The Morgan fingerprint density at radius 1 is 0.277 bits per heavy atom. The predicted molar refractivity (Wildman–Crippen MR) is 345 cm³/mol. The molecule has 0 fully saturated rings. The van der Waals surface area contributed by atoms with Crippen LogP contribution in [-0.2, 0) is 0 Å². The van der Waals surface area contributed by atoms with Crippen LogP contribution in [0, 0.1) is 0 Å². The maximum absolute atomic E-state index is 7.10. The van der Waals surface area contributed by atoms with Crippen LogP contribution < -0.4 is 9.80 Å². The van der Waals surface area contributed by atoms with Gasteiger partial charge in [-0.2, -0.15) is 0 Å². The number of nitrogens with zero attached hydrogens (tertiary/aromatic N) is 2. The zero-order valence-corrected chi connectivity index (χ0v) is 45.4. The Morgan fingerprint density at radius 3 is 1.22 bits per heavy atom. The fourth-order valence-corrected chi connectivity index (χ4v) is 13.2. The number of para-hydroxylation sites is 6. The Kier molecular flexibility index (Phi) is 10.4. The molecule has 0 radical (unpaired) electrons. The number of anilines is 6. The van der Waals surface area contributed by atoms with E-state index < -0.39 is 0 Å². The first kappa shape index (κ1) is 47.0. The Morgan fingerprint density at radius 2 is 0.723 bits per heavy atom. The molecule has 0 saturated carbocycles. The second-order valence-corrected chi connectivity index (χ2v) is 22.1. The van der Waals surface area contributed by atoms with Crippen LogP contribution in [0.15, 0.2) is 279 Å². The van der Waals surface area contributed by atoms with Crippen molar-refractivity contribution in [1.82, 2.24) is 0 Å². The molecule has 0 aliphatic rings. The molecule has 0 unspecified atom stereocenters. The van der Waals surface area contributed by atoms with E-state index in [4.69, 9.17) is 17.7 Å². The number of benzene rings is 13. The molecule has 6 nitrogen and oxygen atoms in total. The molecule has 0 saturated heterocycles. The average Bonchev–Trinajstić information content (AvgIpc) is 4.06. The molecule has 83 heavy (non-hydrogen) atoms. The van der Waals surface area contributed by atoms with Gasteiger partial charge in [-0.15, -0.1) is 0 Å². The lowest BCUT2D eigenvalue weighted by atomic mass is 9.93. The molecule has 0 aliphatic carbocycles. The van der Waals surface area contributed by atoms with Crippen molar-refractivity contribution in [2.45, 2.75) is 19.8 Å². The number of hydrogen-bond acceptors (Lipinski definition) is 6. The van der Waals surface area contributed by atoms with E-state index in [0.29, 0.717) is 0 Å². The summed E-state index contributed by atoms with van der Waals surface area (Å²) >= 11 is 0. The fraction of sp³-hybridized carbons (Fsp3) is 0.0390. The van der Waals surface area contributed by atoms with Gasteiger partial charge >= 0.3 is 0 Å². The van der Waals surface area contributed by atoms with Crippen molar-refractivity contribution in [2.75, 3.05) is 9.80 Å². The normalized spacial score (nSPS) is 12.1. The van der Waals surface area contributed by atoms with Gasteiger partial charge in [0.2, 0.25) is 0 Å². The highest BCUT2D eigenvalue weighted by Crippen LogP contribution is 2.49. The lowest BCUT2D eigenvalue weighted by Gasteiger charge is -2.25. The highest BCUT2D eigenvalue weighted by atomic mass is 16.3. The molecule has 0 atom stereocenters. The predicted octanol–water partition coefficient (Wildman–Crippen LogP) is 23.0. The van der Waals surface area contributed by atoms with Gasteiger partial charge in [-0.05, 0) is 130 Å². The summed E-state index contributed by atoms with van der Waals surface area (Å²) < 4.78 is 28.1. The van der Waals surface area contributed by atoms with E-state index in [0.717, 1.165) is 171 Å². The van der Waals surface area contributed by atoms with Crippen molar-refractivity contribution < 1.29 is 17.7 Å². The van der Waals surface area contributed by atoms with E-state index in [2.05, 4.69) is 272 Å². The number of rotatable bonds is 9. The first-order valence-corrected chi connectivity index (χ1v) is 28.4. The smallest absolute Gasteiger partial charge is 0.159 e. The lowest BCUT2D eigenvalue weighted by molar-refractivity contribution is 0.655. The zero-order chi connectivity index (χ0) is 54.9. The quantitative estimate of drug-likeness (QED) is 0.144. The molecule has 13 aromatic carbocycles. The maximum atomic E-state index is 7.10. The second kappa shape index (κ2) is 18.4. The van der Waals surface area contributed by atoms with Crippen LogP contribution in [0.5, 0.6) is 0 Å². The largest absolute Gasteiger partial charge is 0.456 e. The SMILES string of the molecule is CC(C)c1c2oc3cc4cc(N(c5ccccc5)c5cccc6c5oc5c(-c7ccccc7)cccc56)ccc4cc3c2cc2oc3cc4cc(N(c5ccccc5)c5cccc6c5oc5c(-c7ccccc7)cccc56)ccc4cc3c12. The van der Waals surface area contributed by atoms with Gasteiger partial charge in [0.1, 0.15) is 33.5 Å². The van der Waals surface area contributed by atoms with Gasteiger partial charge in [0.25, 0.3) is 0 Å². The molecule has 392 valence electrons. The zero-order valence-electron chi connectivity index (χ0n) is 45.4. The number of furan rings is 4. The topological polar surface area (TPSA) is 59.0 Å². The number of hydrogen-bond donors (Lipinski definition) is 0. The highest BCUT2D eigenvalue weighted by Gasteiger charge is 2.26. The van der Waals surface area contributed by atoms with Crippen LogP contribution in [0.4, 0.5) is 34.1 Å². The van der Waals surface area contributed by atoms with Crippen molar-refractivity contribution in [3.8, 4) is 22.3 Å². The minimum atomic E-state index is 0.134. The third-order valence-electron chi connectivity index (χ3n) is 16.9. The number of fused-ring (bicyclic) bond motifs is 14. The summed E-state index contributed by atoms with van der Waals surface area (Å²) in [5, 5.41) is 12.9.